The van der Waals surface area contributed by atoms with Crippen molar-refractivity contribution in [2.45, 2.75) is 44.8 Å². The van der Waals surface area contributed by atoms with Gasteiger partial charge in [0, 0.05) is 39.2 Å². The summed E-state index contributed by atoms with van der Waals surface area (Å²) < 4.78 is 7.18. The van der Waals surface area contributed by atoms with Crippen LogP contribution in [0.3, 0.4) is 0 Å². The molecule has 2 heterocycles. The van der Waals surface area contributed by atoms with Gasteiger partial charge in [-0.2, -0.15) is 5.10 Å². The summed E-state index contributed by atoms with van der Waals surface area (Å²) in [6.07, 6.45) is 6.62. The lowest BCUT2D eigenvalue weighted by atomic mass is 9.80. The first-order valence-corrected chi connectivity index (χ1v) is 8.25. The molecule has 2 fully saturated rings. The molecule has 1 aromatic rings. The Morgan fingerprint density at radius 2 is 2.26 bits per heavy atom. The molecule has 2 amide bonds. The van der Waals surface area contributed by atoms with Gasteiger partial charge in [0.1, 0.15) is 0 Å². The van der Waals surface area contributed by atoms with E-state index in [0.717, 1.165) is 25.1 Å². The molecule has 0 unspecified atom stereocenters. The fourth-order valence-electron chi connectivity index (χ4n) is 3.36. The van der Waals surface area contributed by atoms with E-state index in [-0.39, 0.29) is 17.9 Å². The fourth-order valence-corrected chi connectivity index (χ4v) is 3.36. The van der Waals surface area contributed by atoms with Gasteiger partial charge in [-0.3, -0.25) is 14.3 Å². The highest BCUT2D eigenvalue weighted by Crippen LogP contribution is 2.32. The number of hydrogen-bond acceptors (Lipinski definition) is 4. The molecule has 0 spiro atoms. The zero-order valence-electron chi connectivity index (χ0n) is 13.7. The second-order valence-corrected chi connectivity index (χ2v) is 6.46. The molecule has 3 rings (SSSR count). The van der Waals surface area contributed by atoms with Crippen molar-refractivity contribution < 1.29 is 14.3 Å². The zero-order valence-corrected chi connectivity index (χ0v) is 13.7. The van der Waals surface area contributed by atoms with Crippen molar-refractivity contribution in [3.63, 3.8) is 0 Å². The molecule has 2 aliphatic rings. The van der Waals surface area contributed by atoms with Crippen LogP contribution >= 0.6 is 0 Å². The van der Waals surface area contributed by atoms with Crippen molar-refractivity contribution in [1.29, 1.82) is 0 Å². The van der Waals surface area contributed by atoms with Crippen LogP contribution in [0.5, 0.6) is 0 Å². The Kier molecular flexibility index (Phi) is 4.66. The standard InChI is InChI=1S/C16H24N4O3/c1-3-23-14-4-11(5-14)6-15(21)18-12-7-16(22)20(9-12)13-8-17-19(2)10-13/h8,10-12,14H,3-7,9H2,1-2H3,(H,18,21)/t11?,12-,14?/m0/s1. The molecule has 1 aromatic heterocycles. The average Bonchev–Trinajstić information content (AvgIpc) is 3.02. The van der Waals surface area contributed by atoms with Gasteiger partial charge in [0.25, 0.3) is 0 Å². The first kappa shape index (κ1) is 16.0. The Balaban J connectivity index is 1.44. The van der Waals surface area contributed by atoms with Gasteiger partial charge in [-0.05, 0) is 25.7 Å². The number of nitrogens with one attached hydrogen (secondary N) is 1. The lowest BCUT2D eigenvalue weighted by Crippen LogP contribution is -2.40. The van der Waals surface area contributed by atoms with Gasteiger partial charge in [0.2, 0.25) is 11.8 Å². The summed E-state index contributed by atoms with van der Waals surface area (Å²) in [5, 5.41) is 7.08. The molecule has 1 atom stereocenters. The molecular formula is C16H24N4O3. The minimum Gasteiger partial charge on any atom is -0.378 e. The van der Waals surface area contributed by atoms with Gasteiger partial charge in [-0.1, -0.05) is 0 Å². The zero-order chi connectivity index (χ0) is 16.4. The van der Waals surface area contributed by atoms with Crippen LogP contribution in [-0.2, 0) is 21.4 Å². The summed E-state index contributed by atoms with van der Waals surface area (Å²) in [6, 6.07) is -0.113. The van der Waals surface area contributed by atoms with E-state index in [1.807, 2.05) is 20.2 Å². The van der Waals surface area contributed by atoms with Crippen molar-refractivity contribution in [3.05, 3.63) is 12.4 Å². The molecule has 23 heavy (non-hydrogen) atoms. The van der Waals surface area contributed by atoms with Crippen molar-refractivity contribution in [3.8, 4) is 0 Å². The Morgan fingerprint density at radius 3 is 2.91 bits per heavy atom. The third kappa shape index (κ3) is 3.72. The van der Waals surface area contributed by atoms with Crippen LogP contribution in [0.1, 0.15) is 32.6 Å². The topological polar surface area (TPSA) is 76.5 Å². The SMILES string of the molecule is CCOC1CC(CC(=O)N[C@H]2CC(=O)N(c3cnn(C)c3)C2)C1. The van der Waals surface area contributed by atoms with Gasteiger partial charge in [-0.15, -0.1) is 0 Å². The maximum Gasteiger partial charge on any atom is 0.229 e. The number of aromatic nitrogens is 2. The molecule has 7 heteroatoms. The van der Waals surface area contributed by atoms with E-state index < -0.39 is 0 Å². The van der Waals surface area contributed by atoms with Crippen molar-refractivity contribution >= 4 is 17.5 Å². The lowest BCUT2D eigenvalue weighted by molar-refractivity contribution is -0.124. The summed E-state index contributed by atoms with van der Waals surface area (Å²) in [7, 11) is 1.82. The van der Waals surface area contributed by atoms with Crippen LogP contribution in [0.2, 0.25) is 0 Å². The molecule has 1 saturated carbocycles. The number of nitrogens with zero attached hydrogens (tertiary/aromatic N) is 3. The quantitative estimate of drug-likeness (QED) is 0.843. The van der Waals surface area contributed by atoms with Crippen LogP contribution in [0, 0.1) is 5.92 Å². The number of aryl methyl sites for hydroxylation is 1. The number of carbonyl (C=O) groups is 2. The summed E-state index contributed by atoms with van der Waals surface area (Å²) >= 11 is 0. The van der Waals surface area contributed by atoms with Crippen molar-refractivity contribution in [1.82, 2.24) is 15.1 Å². The van der Waals surface area contributed by atoms with E-state index in [1.54, 1.807) is 15.8 Å². The molecule has 1 saturated heterocycles. The maximum atomic E-state index is 12.1. The minimum absolute atomic E-state index is 0.0309. The number of ether oxygens (including phenoxy) is 1. The average molecular weight is 320 g/mol. The largest absolute Gasteiger partial charge is 0.378 e. The van der Waals surface area contributed by atoms with E-state index in [1.165, 1.54) is 0 Å². The summed E-state index contributed by atoms with van der Waals surface area (Å²) in [5.41, 5.74) is 0.785. The van der Waals surface area contributed by atoms with E-state index >= 15 is 0 Å². The number of carbonyl (C=O) groups excluding carboxylic acids is 2. The monoisotopic (exact) mass is 320 g/mol. The van der Waals surface area contributed by atoms with Gasteiger partial charge >= 0.3 is 0 Å². The Hall–Kier alpha value is -1.89. The van der Waals surface area contributed by atoms with Crippen molar-refractivity contribution in [2.75, 3.05) is 18.1 Å². The van der Waals surface area contributed by atoms with Crippen molar-refractivity contribution in [2.24, 2.45) is 13.0 Å². The number of amides is 2. The summed E-state index contributed by atoms with van der Waals surface area (Å²) in [4.78, 5) is 25.9. The molecule has 0 radical (unpaired) electrons. The highest BCUT2D eigenvalue weighted by Gasteiger charge is 2.34. The van der Waals surface area contributed by atoms with E-state index in [2.05, 4.69) is 10.4 Å². The summed E-state index contributed by atoms with van der Waals surface area (Å²) in [6.45, 7) is 3.24. The third-order valence-electron chi connectivity index (χ3n) is 4.56. The second-order valence-electron chi connectivity index (χ2n) is 6.46. The van der Waals surface area contributed by atoms with Crippen LogP contribution in [0.4, 0.5) is 5.69 Å². The van der Waals surface area contributed by atoms with Crippen LogP contribution in [0.25, 0.3) is 0 Å². The van der Waals surface area contributed by atoms with E-state index in [4.69, 9.17) is 4.74 Å². The normalized spacial score (nSPS) is 27.1. The predicted molar refractivity (Wildman–Crippen MR) is 84.9 cm³/mol. The minimum atomic E-state index is -0.113. The van der Waals surface area contributed by atoms with Crippen LogP contribution in [0.15, 0.2) is 12.4 Å². The number of anilines is 1. The van der Waals surface area contributed by atoms with Crippen LogP contribution < -0.4 is 10.2 Å². The lowest BCUT2D eigenvalue weighted by Gasteiger charge is -2.34. The van der Waals surface area contributed by atoms with E-state index in [9.17, 15) is 9.59 Å². The predicted octanol–water partition coefficient (Wildman–Crippen LogP) is 0.847. The number of hydrogen-bond donors (Lipinski definition) is 1. The summed E-state index contributed by atoms with van der Waals surface area (Å²) in [5.74, 6) is 0.484. The molecule has 126 valence electrons. The molecule has 0 bridgehead atoms. The molecule has 1 aliphatic heterocycles. The fraction of sp³-hybridized carbons (Fsp3) is 0.688. The third-order valence-corrected chi connectivity index (χ3v) is 4.56. The molecule has 7 nitrogen and oxygen atoms in total. The molecule has 0 aromatic carbocycles. The first-order valence-electron chi connectivity index (χ1n) is 8.25. The van der Waals surface area contributed by atoms with Gasteiger partial charge < -0.3 is 15.0 Å². The molecular weight excluding hydrogens is 296 g/mol. The Bertz CT molecular complexity index is 580. The smallest absolute Gasteiger partial charge is 0.229 e. The highest BCUT2D eigenvalue weighted by molar-refractivity contribution is 5.96. The molecule has 1 aliphatic carbocycles. The van der Waals surface area contributed by atoms with Gasteiger partial charge in [0.05, 0.1) is 24.0 Å². The molecule has 1 N–H and O–H groups in total. The second kappa shape index (κ2) is 6.70. The maximum absolute atomic E-state index is 12.1. The first-order chi connectivity index (χ1) is 11.0. The highest BCUT2D eigenvalue weighted by atomic mass is 16.5. The number of rotatable bonds is 6. The Morgan fingerprint density at radius 1 is 1.48 bits per heavy atom. The Labute approximate surface area is 136 Å². The van der Waals surface area contributed by atoms with E-state index in [0.29, 0.717) is 31.4 Å². The van der Waals surface area contributed by atoms with Gasteiger partial charge in [-0.25, -0.2) is 0 Å². The van der Waals surface area contributed by atoms with Gasteiger partial charge in [0.15, 0.2) is 0 Å². The van der Waals surface area contributed by atoms with Crippen LogP contribution in [-0.4, -0.2) is 46.9 Å².